The highest BCUT2D eigenvalue weighted by atomic mass is 16.3. The highest BCUT2D eigenvalue weighted by Gasteiger charge is 2.07. The van der Waals surface area contributed by atoms with Crippen LogP contribution in [0.2, 0.25) is 0 Å². The first-order valence-corrected chi connectivity index (χ1v) is 5.94. The van der Waals surface area contributed by atoms with Crippen molar-refractivity contribution in [1.82, 2.24) is 9.66 Å². The fraction of sp³-hybridized carbons (Fsp3) is 0.0714. The zero-order valence-corrected chi connectivity index (χ0v) is 10.1. The lowest BCUT2D eigenvalue weighted by molar-refractivity contribution is -0.116. The van der Waals surface area contributed by atoms with Crippen LogP contribution >= 0.6 is 0 Å². The average molecular weight is 255 g/mol. The SMILES string of the molecule is O=C(Cc1ccc[nH]1)Nn1ccc2cc(O)ccc21. The van der Waals surface area contributed by atoms with E-state index in [0.717, 1.165) is 16.6 Å². The standard InChI is InChI=1S/C14H13N3O2/c18-12-3-4-13-10(8-12)5-7-17(13)16-14(19)9-11-2-1-6-15-11/h1-8,15,18H,9H2,(H,16,19). The highest BCUT2D eigenvalue weighted by molar-refractivity contribution is 5.89. The van der Waals surface area contributed by atoms with E-state index in [0.29, 0.717) is 6.42 Å². The number of hydrogen-bond donors (Lipinski definition) is 3. The molecule has 96 valence electrons. The normalized spacial score (nSPS) is 10.7. The second-order valence-corrected chi connectivity index (χ2v) is 4.34. The third kappa shape index (κ3) is 2.30. The van der Waals surface area contributed by atoms with E-state index in [9.17, 15) is 9.90 Å². The molecule has 2 heterocycles. The van der Waals surface area contributed by atoms with Gasteiger partial charge in [0.2, 0.25) is 5.91 Å². The lowest BCUT2D eigenvalue weighted by Gasteiger charge is -2.07. The Morgan fingerprint density at radius 3 is 3.00 bits per heavy atom. The number of nitrogens with one attached hydrogen (secondary N) is 2. The number of benzene rings is 1. The molecule has 3 N–H and O–H groups in total. The van der Waals surface area contributed by atoms with Gasteiger partial charge in [-0.05, 0) is 36.4 Å². The maximum atomic E-state index is 11.9. The topological polar surface area (TPSA) is 70.0 Å². The van der Waals surface area contributed by atoms with E-state index in [1.807, 2.05) is 18.2 Å². The van der Waals surface area contributed by atoms with E-state index in [1.54, 1.807) is 35.3 Å². The van der Waals surface area contributed by atoms with Crippen molar-refractivity contribution in [3.8, 4) is 5.75 Å². The number of hydrogen-bond acceptors (Lipinski definition) is 2. The van der Waals surface area contributed by atoms with Crippen LogP contribution < -0.4 is 5.43 Å². The molecule has 19 heavy (non-hydrogen) atoms. The van der Waals surface area contributed by atoms with Gasteiger partial charge in [0.25, 0.3) is 0 Å². The van der Waals surface area contributed by atoms with E-state index in [-0.39, 0.29) is 11.7 Å². The van der Waals surface area contributed by atoms with Crippen LogP contribution in [-0.4, -0.2) is 20.7 Å². The van der Waals surface area contributed by atoms with Gasteiger partial charge in [0.1, 0.15) is 5.75 Å². The molecule has 0 radical (unpaired) electrons. The van der Waals surface area contributed by atoms with Crippen LogP contribution in [0.5, 0.6) is 5.75 Å². The third-order valence-electron chi connectivity index (χ3n) is 2.93. The first-order valence-electron chi connectivity index (χ1n) is 5.94. The molecular formula is C14H13N3O2. The van der Waals surface area contributed by atoms with Crippen molar-refractivity contribution in [2.75, 3.05) is 5.43 Å². The van der Waals surface area contributed by atoms with E-state index < -0.39 is 0 Å². The minimum absolute atomic E-state index is 0.104. The predicted molar refractivity (Wildman–Crippen MR) is 72.5 cm³/mol. The molecule has 5 nitrogen and oxygen atoms in total. The van der Waals surface area contributed by atoms with Gasteiger partial charge in [0.15, 0.2) is 0 Å². The molecule has 0 aliphatic heterocycles. The third-order valence-corrected chi connectivity index (χ3v) is 2.93. The average Bonchev–Trinajstić information content (AvgIpc) is 2.99. The second-order valence-electron chi connectivity index (χ2n) is 4.34. The summed E-state index contributed by atoms with van der Waals surface area (Å²) in [5.74, 6) is 0.107. The van der Waals surface area contributed by atoms with Crippen LogP contribution in [0.15, 0.2) is 48.8 Å². The number of carbonyl (C=O) groups excluding carboxylic acids is 1. The molecule has 0 fully saturated rings. The largest absolute Gasteiger partial charge is 0.508 e. The molecule has 0 spiro atoms. The molecule has 1 amide bonds. The minimum Gasteiger partial charge on any atom is -0.508 e. The Morgan fingerprint density at radius 2 is 2.21 bits per heavy atom. The van der Waals surface area contributed by atoms with Crippen LogP contribution in [0.4, 0.5) is 0 Å². The quantitative estimate of drug-likeness (QED) is 0.669. The van der Waals surface area contributed by atoms with Gasteiger partial charge in [-0.3, -0.25) is 14.9 Å². The Labute approximate surface area is 109 Å². The molecule has 0 unspecified atom stereocenters. The van der Waals surface area contributed by atoms with E-state index >= 15 is 0 Å². The summed E-state index contributed by atoms with van der Waals surface area (Å²) in [5.41, 5.74) is 4.51. The summed E-state index contributed by atoms with van der Waals surface area (Å²) >= 11 is 0. The number of rotatable bonds is 3. The fourth-order valence-electron chi connectivity index (χ4n) is 2.05. The van der Waals surface area contributed by atoms with Crippen molar-refractivity contribution in [3.63, 3.8) is 0 Å². The summed E-state index contributed by atoms with van der Waals surface area (Å²) in [7, 11) is 0. The van der Waals surface area contributed by atoms with Crippen molar-refractivity contribution in [2.24, 2.45) is 0 Å². The Balaban J connectivity index is 1.79. The number of aromatic amines is 1. The van der Waals surface area contributed by atoms with Gasteiger partial charge in [0, 0.05) is 23.5 Å². The molecule has 2 aromatic heterocycles. The number of amides is 1. The van der Waals surface area contributed by atoms with Gasteiger partial charge >= 0.3 is 0 Å². The van der Waals surface area contributed by atoms with Crippen LogP contribution in [-0.2, 0) is 11.2 Å². The van der Waals surface area contributed by atoms with E-state index in [4.69, 9.17) is 0 Å². The monoisotopic (exact) mass is 255 g/mol. The lowest BCUT2D eigenvalue weighted by Crippen LogP contribution is -2.23. The fourth-order valence-corrected chi connectivity index (χ4v) is 2.05. The van der Waals surface area contributed by atoms with Gasteiger partial charge in [-0.2, -0.15) is 0 Å². The number of carbonyl (C=O) groups is 1. The summed E-state index contributed by atoms with van der Waals surface area (Å²) in [5, 5.41) is 10.3. The predicted octanol–water partition coefficient (Wildman–Crippen LogP) is 1.99. The summed E-state index contributed by atoms with van der Waals surface area (Å²) in [4.78, 5) is 14.9. The molecule has 0 bridgehead atoms. The second kappa shape index (κ2) is 4.53. The van der Waals surface area contributed by atoms with Crippen LogP contribution in [0.25, 0.3) is 10.9 Å². The molecule has 0 aliphatic carbocycles. The van der Waals surface area contributed by atoms with Crippen LogP contribution in [0, 0.1) is 0 Å². The summed E-state index contributed by atoms with van der Waals surface area (Å²) in [6.45, 7) is 0. The molecule has 1 aromatic carbocycles. The molecule has 0 atom stereocenters. The lowest BCUT2D eigenvalue weighted by atomic mass is 10.2. The van der Waals surface area contributed by atoms with Gasteiger partial charge < -0.3 is 10.1 Å². The number of phenolic OH excluding ortho intramolecular Hbond substituents is 1. The summed E-state index contributed by atoms with van der Waals surface area (Å²) in [6.07, 6.45) is 3.85. The first kappa shape index (κ1) is 11.4. The van der Waals surface area contributed by atoms with Crippen LogP contribution in [0.1, 0.15) is 5.69 Å². The number of aromatic nitrogens is 2. The van der Waals surface area contributed by atoms with Gasteiger partial charge in [-0.25, -0.2) is 0 Å². The molecular weight excluding hydrogens is 242 g/mol. The van der Waals surface area contributed by atoms with E-state index in [2.05, 4.69) is 10.4 Å². The minimum atomic E-state index is -0.104. The number of H-pyrrole nitrogens is 1. The Kier molecular flexibility index (Phi) is 2.72. The zero-order valence-electron chi connectivity index (χ0n) is 10.1. The number of phenols is 1. The smallest absolute Gasteiger partial charge is 0.244 e. The summed E-state index contributed by atoms with van der Waals surface area (Å²) in [6, 6.07) is 10.6. The number of fused-ring (bicyclic) bond motifs is 1. The summed E-state index contributed by atoms with van der Waals surface area (Å²) < 4.78 is 1.65. The molecule has 5 heteroatoms. The van der Waals surface area contributed by atoms with Crippen LogP contribution in [0.3, 0.4) is 0 Å². The number of aromatic hydroxyl groups is 1. The maximum absolute atomic E-state index is 11.9. The van der Waals surface area contributed by atoms with Gasteiger partial charge in [-0.1, -0.05) is 0 Å². The molecule has 0 saturated heterocycles. The van der Waals surface area contributed by atoms with Crippen molar-refractivity contribution in [2.45, 2.75) is 6.42 Å². The zero-order chi connectivity index (χ0) is 13.2. The highest BCUT2D eigenvalue weighted by Crippen LogP contribution is 2.20. The van der Waals surface area contributed by atoms with Gasteiger partial charge in [0.05, 0.1) is 11.9 Å². The van der Waals surface area contributed by atoms with Crippen molar-refractivity contribution in [1.29, 1.82) is 0 Å². The Morgan fingerprint density at radius 1 is 1.32 bits per heavy atom. The maximum Gasteiger partial charge on any atom is 0.244 e. The first-order chi connectivity index (χ1) is 9.22. The molecule has 3 rings (SSSR count). The van der Waals surface area contributed by atoms with Crippen molar-refractivity contribution >= 4 is 16.8 Å². The Hall–Kier alpha value is -2.69. The number of nitrogens with zero attached hydrogens (tertiary/aromatic N) is 1. The molecule has 0 saturated carbocycles. The van der Waals surface area contributed by atoms with Crippen molar-refractivity contribution in [3.05, 3.63) is 54.5 Å². The molecule has 3 aromatic rings. The van der Waals surface area contributed by atoms with E-state index in [1.165, 1.54) is 0 Å². The van der Waals surface area contributed by atoms with Gasteiger partial charge in [-0.15, -0.1) is 0 Å². The molecule has 0 aliphatic rings. The van der Waals surface area contributed by atoms with Crippen molar-refractivity contribution < 1.29 is 9.90 Å². The Bertz CT molecular complexity index is 713.